The lowest BCUT2D eigenvalue weighted by Crippen LogP contribution is -2.18. The molecule has 106 valence electrons. The number of hydrogen-bond acceptors (Lipinski definition) is 3. The van der Waals surface area contributed by atoms with E-state index in [1.807, 2.05) is 25.3 Å². The quantitative estimate of drug-likeness (QED) is 0.609. The van der Waals surface area contributed by atoms with Crippen LogP contribution in [0.15, 0.2) is 30.5 Å². The van der Waals surface area contributed by atoms with Crippen molar-refractivity contribution in [1.82, 2.24) is 9.88 Å². The van der Waals surface area contributed by atoms with Gasteiger partial charge in [-0.25, -0.2) is 0 Å². The van der Waals surface area contributed by atoms with Gasteiger partial charge in [0.15, 0.2) is 0 Å². The van der Waals surface area contributed by atoms with Crippen LogP contribution >= 0.6 is 0 Å². The molecule has 0 aliphatic heterocycles. The van der Waals surface area contributed by atoms with Gasteiger partial charge in [0.1, 0.15) is 6.29 Å². The van der Waals surface area contributed by atoms with Crippen LogP contribution < -0.4 is 0 Å². The van der Waals surface area contributed by atoms with Gasteiger partial charge in [-0.1, -0.05) is 17.9 Å². The number of aldehydes is 1. The van der Waals surface area contributed by atoms with Crippen LogP contribution in [0, 0.1) is 17.3 Å². The largest absolute Gasteiger partial charge is 0.298 e. The Balaban J connectivity index is 2.47. The molecule has 0 aromatic carbocycles. The van der Waals surface area contributed by atoms with E-state index in [0.29, 0.717) is 12.1 Å². The smallest absolute Gasteiger partial charge is 0.150 e. The van der Waals surface area contributed by atoms with E-state index >= 15 is 0 Å². The first kappa shape index (κ1) is 16.1. The zero-order valence-corrected chi connectivity index (χ0v) is 12.7. The van der Waals surface area contributed by atoms with E-state index in [1.54, 1.807) is 12.3 Å². The normalized spacial score (nSPS) is 11.4. The SMILES string of the molecule is CN(C/C=C/C#CC(C)(C)C)Cc1cc(C=O)ccn1. The zero-order chi connectivity index (χ0) is 15.0. The monoisotopic (exact) mass is 270 g/mol. The third-order valence-electron chi connectivity index (χ3n) is 2.47. The lowest BCUT2D eigenvalue weighted by Gasteiger charge is -2.13. The Morgan fingerprint density at radius 1 is 1.40 bits per heavy atom. The second-order valence-electron chi connectivity index (χ2n) is 5.82. The molecular weight excluding hydrogens is 248 g/mol. The molecule has 0 unspecified atom stereocenters. The number of hydrogen-bond donors (Lipinski definition) is 0. The zero-order valence-electron chi connectivity index (χ0n) is 12.7. The summed E-state index contributed by atoms with van der Waals surface area (Å²) >= 11 is 0. The summed E-state index contributed by atoms with van der Waals surface area (Å²) in [4.78, 5) is 17.1. The van der Waals surface area contributed by atoms with Gasteiger partial charge in [-0.3, -0.25) is 14.7 Å². The van der Waals surface area contributed by atoms with Gasteiger partial charge in [0.05, 0.1) is 5.69 Å². The number of rotatable bonds is 5. The molecule has 0 aliphatic carbocycles. The topological polar surface area (TPSA) is 33.2 Å². The minimum atomic E-state index is 0.0371. The molecule has 3 nitrogen and oxygen atoms in total. The van der Waals surface area contributed by atoms with E-state index in [0.717, 1.165) is 18.5 Å². The molecule has 0 spiro atoms. The third kappa shape index (κ3) is 6.86. The summed E-state index contributed by atoms with van der Waals surface area (Å²) in [7, 11) is 2.01. The van der Waals surface area contributed by atoms with Crippen LogP contribution in [0.1, 0.15) is 36.8 Å². The van der Waals surface area contributed by atoms with Gasteiger partial charge in [0.25, 0.3) is 0 Å². The van der Waals surface area contributed by atoms with Gasteiger partial charge >= 0.3 is 0 Å². The van der Waals surface area contributed by atoms with Crippen molar-refractivity contribution in [3.8, 4) is 11.8 Å². The number of likely N-dealkylation sites (N-methyl/N-ethyl adjacent to an activating group) is 1. The molecule has 20 heavy (non-hydrogen) atoms. The Hall–Kier alpha value is -1.92. The number of carbonyl (C=O) groups is 1. The first-order valence-corrected chi connectivity index (χ1v) is 6.67. The van der Waals surface area contributed by atoms with E-state index in [4.69, 9.17) is 0 Å². The van der Waals surface area contributed by atoms with Crippen molar-refractivity contribution in [2.45, 2.75) is 27.3 Å². The summed E-state index contributed by atoms with van der Waals surface area (Å²) in [5.74, 6) is 6.20. The molecule has 0 N–H and O–H groups in total. The van der Waals surface area contributed by atoms with Gasteiger partial charge in [0, 0.05) is 30.3 Å². The van der Waals surface area contributed by atoms with E-state index < -0.39 is 0 Å². The summed E-state index contributed by atoms with van der Waals surface area (Å²) in [6, 6.07) is 3.52. The molecule has 0 saturated heterocycles. The Morgan fingerprint density at radius 2 is 2.15 bits per heavy atom. The Kier molecular flexibility index (Phi) is 6.14. The summed E-state index contributed by atoms with van der Waals surface area (Å²) in [6.07, 6.45) is 6.42. The van der Waals surface area contributed by atoms with E-state index in [9.17, 15) is 4.79 Å². The molecule has 1 aromatic rings. The van der Waals surface area contributed by atoms with Gasteiger partial charge in [-0.15, -0.1) is 0 Å². The molecule has 1 aromatic heterocycles. The van der Waals surface area contributed by atoms with Gasteiger partial charge in [-0.05, 0) is 46.0 Å². The van der Waals surface area contributed by atoms with Crippen LogP contribution in [0.25, 0.3) is 0 Å². The summed E-state index contributed by atoms with van der Waals surface area (Å²) in [5, 5.41) is 0. The van der Waals surface area contributed by atoms with Crippen molar-refractivity contribution < 1.29 is 4.79 Å². The van der Waals surface area contributed by atoms with Gasteiger partial charge < -0.3 is 0 Å². The second kappa shape index (κ2) is 7.62. The average molecular weight is 270 g/mol. The predicted octanol–water partition coefficient (Wildman–Crippen LogP) is 2.93. The lowest BCUT2D eigenvalue weighted by atomic mass is 9.98. The average Bonchev–Trinajstić information content (AvgIpc) is 2.37. The van der Waals surface area contributed by atoms with Crippen LogP contribution in [0.3, 0.4) is 0 Å². The van der Waals surface area contributed by atoms with Crippen LogP contribution in [0.4, 0.5) is 0 Å². The van der Waals surface area contributed by atoms with Crippen molar-refractivity contribution in [3.05, 3.63) is 41.7 Å². The summed E-state index contributed by atoms with van der Waals surface area (Å²) in [5.41, 5.74) is 1.59. The number of carbonyl (C=O) groups excluding carboxylic acids is 1. The minimum absolute atomic E-state index is 0.0371. The van der Waals surface area contributed by atoms with Crippen molar-refractivity contribution >= 4 is 6.29 Å². The molecule has 1 heterocycles. The standard InChI is InChI=1S/C17H22N2O/c1-17(2,3)9-6-5-7-11-19(4)13-16-12-15(14-20)8-10-18-16/h5,7-8,10,12,14H,11,13H2,1-4H3/b7-5+. The van der Waals surface area contributed by atoms with Gasteiger partial charge in [0.2, 0.25) is 0 Å². The van der Waals surface area contributed by atoms with E-state index in [1.165, 1.54) is 0 Å². The van der Waals surface area contributed by atoms with Crippen molar-refractivity contribution in [2.75, 3.05) is 13.6 Å². The molecule has 0 radical (unpaired) electrons. The number of nitrogens with zero attached hydrogens (tertiary/aromatic N) is 2. The highest BCUT2D eigenvalue weighted by Gasteiger charge is 2.02. The first-order chi connectivity index (χ1) is 9.40. The fourth-order valence-corrected chi connectivity index (χ4v) is 1.55. The number of aromatic nitrogens is 1. The fraction of sp³-hybridized carbons (Fsp3) is 0.412. The Morgan fingerprint density at radius 3 is 2.80 bits per heavy atom. The van der Waals surface area contributed by atoms with Crippen molar-refractivity contribution in [3.63, 3.8) is 0 Å². The first-order valence-electron chi connectivity index (χ1n) is 6.67. The maximum Gasteiger partial charge on any atom is 0.150 e. The molecule has 0 saturated carbocycles. The number of allylic oxidation sites excluding steroid dienone is 1. The summed E-state index contributed by atoms with van der Waals surface area (Å²) < 4.78 is 0. The van der Waals surface area contributed by atoms with Crippen LogP contribution in [0.5, 0.6) is 0 Å². The highest BCUT2D eigenvalue weighted by atomic mass is 16.1. The van der Waals surface area contributed by atoms with Crippen LogP contribution in [0.2, 0.25) is 0 Å². The Bertz CT molecular complexity index is 530. The lowest BCUT2D eigenvalue weighted by molar-refractivity contribution is 0.112. The molecule has 0 atom stereocenters. The molecule has 0 amide bonds. The van der Waals surface area contributed by atoms with E-state index in [2.05, 4.69) is 42.5 Å². The highest BCUT2D eigenvalue weighted by Crippen LogP contribution is 2.09. The van der Waals surface area contributed by atoms with E-state index in [-0.39, 0.29) is 5.41 Å². The van der Waals surface area contributed by atoms with Crippen LogP contribution in [-0.2, 0) is 6.54 Å². The summed E-state index contributed by atoms with van der Waals surface area (Å²) in [6.45, 7) is 7.77. The molecular formula is C17H22N2O. The second-order valence-corrected chi connectivity index (χ2v) is 5.82. The maximum absolute atomic E-state index is 10.7. The molecule has 3 heteroatoms. The fourth-order valence-electron chi connectivity index (χ4n) is 1.55. The predicted molar refractivity (Wildman–Crippen MR) is 82.3 cm³/mol. The Labute approximate surface area is 121 Å². The van der Waals surface area contributed by atoms with Crippen LogP contribution in [-0.4, -0.2) is 29.8 Å². The third-order valence-corrected chi connectivity index (χ3v) is 2.47. The van der Waals surface area contributed by atoms with Gasteiger partial charge in [-0.2, -0.15) is 0 Å². The molecule has 1 rings (SSSR count). The van der Waals surface area contributed by atoms with Crippen molar-refractivity contribution in [2.24, 2.45) is 5.41 Å². The molecule has 0 fully saturated rings. The maximum atomic E-state index is 10.7. The van der Waals surface area contributed by atoms with Crippen molar-refractivity contribution in [1.29, 1.82) is 0 Å². The minimum Gasteiger partial charge on any atom is -0.298 e. The number of pyridine rings is 1. The molecule has 0 bridgehead atoms. The highest BCUT2D eigenvalue weighted by molar-refractivity contribution is 5.74. The molecule has 0 aliphatic rings.